The van der Waals surface area contributed by atoms with Gasteiger partial charge in [-0.3, -0.25) is 14.5 Å². The van der Waals surface area contributed by atoms with Crippen LogP contribution in [0.3, 0.4) is 0 Å². The van der Waals surface area contributed by atoms with E-state index in [1.165, 1.54) is 18.3 Å². The molecule has 1 aliphatic carbocycles. The first-order valence-electron chi connectivity index (χ1n) is 13.5. The van der Waals surface area contributed by atoms with Crippen molar-refractivity contribution in [3.05, 3.63) is 54.1 Å². The summed E-state index contributed by atoms with van der Waals surface area (Å²) in [5.41, 5.74) is 3.93. The van der Waals surface area contributed by atoms with E-state index in [-0.39, 0.29) is 41.7 Å². The van der Waals surface area contributed by atoms with E-state index in [1.54, 1.807) is 10.6 Å². The highest BCUT2D eigenvalue weighted by atomic mass is 16.5. The lowest BCUT2D eigenvalue weighted by Crippen LogP contribution is -2.40. The molecule has 2 amide bonds. The second-order valence-electron chi connectivity index (χ2n) is 11.4. The number of imide groups is 1. The van der Waals surface area contributed by atoms with Crippen molar-refractivity contribution in [2.45, 2.75) is 33.0 Å². The number of carbonyl (C=O) groups is 3. The summed E-state index contributed by atoms with van der Waals surface area (Å²) in [4.78, 5) is 44.5. The SMILES string of the molecule is COC(=O)c1cc(-c2ncnn3cc(CN4C(=O)C5C(C4=O)C5(C)C)cc23)c2c(ccn2CC2CNCCO2)c1. The molecule has 3 unspecified atom stereocenters. The maximum atomic E-state index is 12.9. The van der Waals surface area contributed by atoms with Gasteiger partial charge < -0.3 is 19.4 Å². The van der Waals surface area contributed by atoms with E-state index >= 15 is 0 Å². The Kier molecular flexibility index (Phi) is 5.59. The standard InChI is InChI=1S/C29H30N6O5/c1-29(2)22-23(29)27(37)34(26(22)36)12-16-8-21-24(31-15-32-35(21)13-16)20-10-18(28(38)39-3)9-17-4-6-33(25(17)20)14-19-11-30-5-7-40-19/h4,6,8-10,13,15,19,22-23,30H,5,7,11-12,14H2,1-3H3. The van der Waals surface area contributed by atoms with Crippen LogP contribution in [0, 0.1) is 17.3 Å². The van der Waals surface area contributed by atoms with Gasteiger partial charge in [0.15, 0.2) is 0 Å². The van der Waals surface area contributed by atoms with Crippen molar-refractivity contribution in [1.29, 1.82) is 0 Å². The number of esters is 1. The molecule has 0 spiro atoms. The van der Waals surface area contributed by atoms with E-state index in [0.29, 0.717) is 29.9 Å². The minimum atomic E-state index is -0.440. The predicted octanol–water partition coefficient (Wildman–Crippen LogP) is 2.27. The van der Waals surface area contributed by atoms with E-state index in [2.05, 4.69) is 20.0 Å². The summed E-state index contributed by atoms with van der Waals surface area (Å²) in [6.45, 7) is 7.00. The third-order valence-corrected chi connectivity index (χ3v) is 8.64. The minimum absolute atomic E-state index is 0.00882. The van der Waals surface area contributed by atoms with E-state index in [1.807, 2.05) is 44.4 Å². The number of likely N-dealkylation sites (tertiary alicyclic amines) is 1. The number of nitrogens with zero attached hydrogens (tertiary/aromatic N) is 5. The number of rotatable bonds is 6. The lowest BCUT2D eigenvalue weighted by molar-refractivity contribution is -0.143. The highest BCUT2D eigenvalue weighted by molar-refractivity contribution is 6.10. The molecule has 40 heavy (non-hydrogen) atoms. The van der Waals surface area contributed by atoms with Crippen molar-refractivity contribution in [2.24, 2.45) is 17.3 Å². The first kappa shape index (κ1) is 24.9. The molecular formula is C29H30N6O5. The Balaban J connectivity index is 1.30. The number of piperidine rings is 1. The number of benzene rings is 1. The van der Waals surface area contributed by atoms with Crippen LogP contribution >= 0.6 is 0 Å². The van der Waals surface area contributed by atoms with E-state index in [4.69, 9.17) is 9.47 Å². The fraction of sp³-hybridized carbons (Fsp3) is 0.414. The molecule has 1 saturated carbocycles. The second-order valence-corrected chi connectivity index (χ2v) is 11.4. The summed E-state index contributed by atoms with van der Waals surface area (Å²) in [6, 6.07) is 7.49. The van der Waals surface area contributed by atoms with E-state index < -0.39 is 5.97 Å². The van der Waals surface area contributed by atoms with Crippen LogP contribution < -0.4 is 5.32 Å². The number of aromatic nitrogens is 4. The number of carbonyl (C=O) groups excluding carboxylic acids is 3. The van der Waals surface area contributed by atoms with Crippen LogP contribution in [0.2, 0.25) is 0 Å². The average Bonchev–Trinajstić information content (AvgIpc) is 3.30. The van der Waals surface area contributed by atoms with Gasteiger partial charge in [-0.05, 0) is 35.2 Å². The van der Waals surface area contributed by atoms with Crippen LogP contribution in [0.25, 0.3) is 27.7 Å². The molecule has 0 radical (unpaired) electrons. The van der Waals surface area contributed by atoms with Crippen molar-refractivity contribution in [3.63, 3.8) is 0 Å². The van der Waals surface area contributed by atoms with Gasteiger partial charge in [0.2, 0.25) is 11.8 Å². The molecule has 5 heterocycles. The Hall–Kier alpha value is -4.09. The van der Waals surface area contributed by atoms with Gasteiger partial charge in [0.1, 0.15) is 6.33 Å². The first-order valence-corrected chi connectivity index (χ1v) is 13.5. The van der Waals surface area contributed by atoms with Crippen molar-refractivity contribution in [1.82, 2.24) is 29.4 Å². The Labute approximate surface area is 230 Å². The number of morpholine rings is 1. The number of ether oxygens (including phenoxy) is 2. The summed E-state index contributed by atoms with van der Waals surface area (Å²) in [5.74, 6) is -1.10. The van der Waals surface area contributed by atoms with E-state index in [9.17, 15) is 14.4 Å². The van der Waals surface area contributed by atoms with Crippen molar-refractivity contribution in [2.75, 3.05) is 26.8 Å². The quantitative estimate of drug-likeness (QED) is 0.291. The smallest absolute Gasteiger partial charge is 0.337 e. The molecule has 7 rings (SSSR count). The largest absolute Gasteiger partial charge is 0.465 e. The van der Waals surface area contributed by atoms with Gasteiger partial charge in [-0.15, -0.1) is 0 Å². The minimum Gasteiger partial charge on any atom is -0.465 e. The third-order valence-electron chi connectivity index (χ3n) is 8.64. The molecule has 3 aromatic heterocycles. The molecule has 11 nitrogen and oxygen atoms in total. The van der Waals surface area contributed by atoms with Crippen LogP contribution in [0.15, 0.2) is 43.0 Å². The van der Waals surface area contributed by atoms with Crippen LogP contribution in [0.1, 0.15) is 29.8 Å². The zero-order valence-corrected chi connectivity index (χ0v) is 22.6. The number of hydrogen-bond donors (Lipinski definition) is 1. The van der Waals surface area contributed by atoms with Gasteiger partial charge in [-0.25, -0.2) is 14.3 Å². The van der Waals surface area contributed by atoms with E-state index in [0.717, 1.165) is 35.1 Å². The van der Waals surface area contributed by atoms with Crippen LogP contribution in [-0.2, 0) is 32.2 Å². The Bertz CT molecular complexity index is 1670. The molecule has 0 bridgehead atoms. The second kappa shape index (κ2) is 8.97. The molecule has 11 heteroatoms. The molecule has 2 saturated heterocycles. The third kappa shape index (κ3) is 3.75. The van der Waals surface area contributed by atoms with Crippen LogP contribution in [0.5, 0.6) is 0 Å². The normalized spacial score (nSPS) is 23.7. The maximum Gasteiger partial charge on any atom is 0.337 e. The molecule has 1 N–H and O–H groups in total. The van der Waals surface area contributed by atoms with Gasteiger partial charge >= 0.3 is 5.97 Å². The van der Waals surface area contributed by atoms with Crippen LogP contribution in [0.4, 0.5) is 0 Å². The Morgan fingerprint density at radius 1 is 1.20 bits per heavy atom. The van der Waals surface area contributed by atoms with Gasteiger partial charge in [0.25, 0.3) is 0 Å². The molecule has 1 aromatic carbocycles. The highest BCUT2D eigenvalue weighted by Crippen LogP contribution is 2.63. The molecule has 206 valence electrons. The predicted molar refractivity (Wildman–Crippen MR) is 144 cm³/mol. The first-order chi connectivity index (χ1) is 19.3. The summed E-state index contributed by atoms with van der Waals surface area (Å²) >= 11 is 0. The molecule has 2 aliphatic heterocycles. The zero-order chi connectivity index (χ0) is 27.8. The molecule has 4 aromatic rings. The highest BCUT2D eigenvalue weighted by Gasteiger charge is 2.72. The zero-order valence-electron chi connectivity index (χ0n) is 22.6. The molecule has 3 fully saturated rings. The summed E-state index contributed by atoms with van der Waals surface area (Å²) in [7, 11) is 1.36. The lowest BCUT2D eigenvalue weighted by Gasteiger charge is -2.24. The Morgan fingerprint density at radius 3 is 2.73 bits per heavy atom. The number of amides is 2. The monoisotopic (exact) mass is 542 g/mol. The topological polar surface area (TPSA) is 120 Å². The summed E-state index contributed by atoms with van der Waals surface area (Å²) in [6.07, 6.45) is 5.29. The molecule has 3 aliphatic rings. The van der Waals surface area contributed by atoms with Crippen molar-refractivity contribution in [3.8, 4) is 11.3 Å². The number of hydrogen-bond acceptors (Lipinski definition) is 8. The fourth-order valence-electron chi connectivity index (χ4n) is 6.49. The molecular weight excluding hydrogens is 512 g/mol. The maximum absolute atomic E-state index is 12.9. The van der Waals surface area contributed by atoms with Gasteiger partial charge in [-0.2, -0.15) is 5.10 Å². The van der Waals surface area contributed by atoms with Crippen molar-refractivity contribution >= 4 is 34.2 Å². The number of nitrogens with one attached hydrogen (secondary N) is 1. The average molecular weight is 543 g/mol. The summed E-state index contributed by atoms with van der Waals surface area (Å²) < 4.78 is 14.8. The number of fused-ring (bicyclic) bond motifs is 3. The molecule has 3 atom stereocenters. The van der Waals surface area contributed by atoms with Crippen molar-refractivity contribution < 1.29 is 23.9 Å². The Morgan fingerprint density at radius 2 is 2.00 bits per heavy atom. The van der Waals surface area contributed by atoms with Gasteiger partial charge in [0, 0.05) is 36.4 Å². The number of methoxy groups -OCH3 is 1. The fourth-order valence-corrected chi connectivity index (χ4v) is 6.49. The summed E-state index contributed by atoms with van der Waals surface area (Å²) in [5, 5.41) is 8.64. The van der Waals surface area contributed by atoms with Gasteiger partial charge in [0.05, 0.1) is 67.0 Å². The lowest BCUT2D eigenvalue weighted by atomic mass is 10.0. The van der Waals surface area contributed by atoms with Crippen LogP contribution in [-0.4, -0.2) is 74.8 Å². The van der Waals surface area contributed by atoms with Gasteiger partial charge in [-0.1, -0.05) is 13.8 Å².